The van der Waals surface area contributed by atoms with Gasteiger partial charge in [-0.2, -0.15) is 0 Å². The van der Waals surface area contributed by atoms with E-state index in [1.165, 1.54) is 10.1 Å². The molecule has 0 aliphatic heterocycles. The lowest BCUT2D eigenvalue weighted by molar-refractivity contribution is 0.944. The van der Waals surface area contributed by atoms with E-state index < -0.39 is 0 Å². The Kier molecular flexibility index (Phi) is 4.67. The molecule has 0 unspecified atom stereocenters. The van der Waals surface area contributed by atoms with Crippen LogP contribution >= 0.6 is 11.6 Å². The Hall–Kier alpha value is -2.59. The van der Waals surface area contributed by atoms with Crippen molar-refractivity contribution in [2.45, 2.75) is 20.4 Å². The van der Waals surface area contributed by atoms with Crippen molar-refractivity contribution in [1.29, 1.82) is 0 Å². The minimum Gasteiger partial charge on any atom is -0.361 e. The Balaban J connectivity index is 1.86. The molecule has 24 heavy (non-hydrogen) atoms. The van der Waals surface area contributed by atoms with Crippen LogP contribution in [0.4, 0.5) is 5.82 Å². The number of halogens is 1. The third-order valence-electron chi connectivity index (χ3n) is 3.85. The van der Waals surface area contributed by atoms with Crippen LogP contribution in [0.25, 0.3) is 5.69 Å². The van der Waals surface area contributed by atoms with Gasteiger partial charge >= 0.3 is 0 Å². The van der Waals surface area contributed by atoms with Crippen molar-refractivity contribution in [2.75, 3.05) is 5.32 Å². The molecule has 4 nitrogen and oxygen atoms in total. The summed E-state index contributed by atoms with van der Waals surface area (Å²) in [6.07, 6.45) is 3.24. The number of rotatable bonds is 4. The number of aryl methyl sites for hydroxylation is 2. The summed E-state index contributed by atoms with van der Waals surface area (Å²) in [6.45, 7) is 4.51. The van der Waals surface area contributed by atoms with Crippen LogP contribution in [0.15, 0.2) is 59.7 Å². The SMILES string of the molecule is Cc1ccc(CNc2nccn(-c3ccc(C)c(Cl)c3)c2=O)cc1. The van der Waals surface area contributed by atoms with Crippen molar-refractivity contribution in [3.8, 4) is 5.69 Å². The summed E-state index contributed by atoms with van der Waals surface area (Å²) in [5.41, 5.74) is 3.78. The second-order valence-corrected chi connectivity index (χ2v) is 6.13. The lowest BCUT2D eigenvalue weighted by atomic mass is 10.1. The van der Waals surface area contributed by atoms with E-state index in [-0.39, 0.29) is 5.56 Å². The van der Waals surface area contributed by atoms with Gasteiger partial charge in [0.25, 0.3) is 5.56 Å². The Morgan fingerprint density at radius 1 is 1.12 bits per heavy atom. The Bertz CT molecular complexity index is 917. The fourth-order valence-corrected chi connectivity index (χ4v) is 2.53. The minimum atomic E-state index is -0.204. The summed E-state index contributed by atoms with van der Waals surface area (Å²) >= 11 is 6.16. The van der Waals surface area contributed by atoms with Crippen LogP contribution in [-0.2, 0) is 6.54 Å². The predicted octanol–water partition coefficient (Wildman–Crippen LogP) is 4.11. The van der Waals surface area contributed by atoms with Crippen LogP contribution in [0.5, 0.6) is 0 Å². The van der Waals surface area contributed by atoms with E-state index in [2.05, 4.69) is 10.3 Å². The molecule has 3 rings (SSSR count). The van der Waals surface area contributed by atoms with Gasteiger partial charge < -0.3 is 5.32 Å². The molecular weight excluding hydrogens is 322 g/mol. The summed E-state index contributed by atoms with van der Waals surface area (Å²) < 4.78 is 1.54. The van der Waals surface area contributed by atoms with Crippen LogP contribution in [-0.4, -0.2) is 9.55 Å². The molecule has 0 saturated carbocycles. The molecule has 1 aromatic heterocycles. The zero-order valence-electron chi connectivity index (χ0n) is 13.6. The van der Waals surface area contributed by atoms with Crippen molar-refractivity contribution in [3.63, 3.8) is 0 Å². The number of aromatic nitrogens is 2. The summed E-state index contributed by atoms with van der Waals surface area (Å²) in [4.78, 5) is 16.8. The molecule has 1 heterocycles. The van der Waals surface area contributed by atoms with Crippen molar-refractivity contribution in [1.82, 2.24) is 9.55 Å². The van der Waals surface area contributed by atoms with E-state index in [1.807, 2.05) is 50.2 Å². The molecule has 0 bridgehead atoms. The van der Waals surface area contributed by atoms with E-state index in [4.69, 9.17) is 11.6 Å². The molecule has 0 aliphatic carbocycles. The van der Waals surface area contributed by atoms with E-state index in [9.17, 15) is 4.79 Å². The lowest BCUT2D eigenvalue weighted by Gasteiger charge is -2.10. The second-order valence-electron chi connectivity index (χ2n) is 5.72. The molecule has 0 fully saturated rings. The number of hydrogen-bond donors (Lipinski definition) is 1. The van der Waals surface area contributed by atoms with Gasteiger partial charge in [-0.15, -0.1) is 0 Å². The van der Waals surface area contributed by atoms with Crippen LogP contribution in [0.3, 0.4) is 0 Å². The third kappa shape index (κ3) is 3.49. The van der Waals surface area contributed by atoms with Crippen molar-refractivity contribution in [2.24, 2.45) is 0 Å². The largest absolute Gasteiger partial charge is 0.361 e. The number of benzene rings is 2. The molecule has 0 aliphatic rings. The zero-order valence-corrected chi connectivity index (χ0v) is 14.3. The second kappa shape index (κ2) is 6.89. The average molecular weight is 340 g/mol. The number of anilines is 1. The van der Waals surface area contributed by atoms with Crippen LogP contribution in [0, 0.1) is 13.8 Å². The summed E-state index contributed by atoms with van der Waals surface area (Å²) in [5.74, 6) is 0.315. The summed E-state index contributed by atoms with van der Waals surface area (Å²) in [7, 11) is 0. The van der Waals surface area contributed by atoms with Crippen molar-refractivity contribution in [3.05, 3.63) is 86.9 Å². The van der Waals surface area contributed by atoms with E-state index in [1.54, 1.807) is 18.5 Å². The quantitative estimate of drug-likeness (QED) is 0.778. The molecule has 0 radical (unpaired) electrons. The molecule has 5 heteroatoms. The number of nitrogens with one attached hydrogen (secondary N) is 1. The van der Waals surface area contributed by atoms with Crippen LogP contribution in [0.1, 0.15) is 16.7 Å². The minimum absolute atomic E-state index is 0.204. The van der Waals surface area contributed by atoms with Gasteiger partial charge in [0.15, 0.2) is 5.82 Å². The first-order valence-corrected chi connectivity index (χ1v) is 8.06. The Morgan fingerprint density at radius 3 is 2.58 bits per heavy atom. The maximum Gasteiger partial charge on any atom is 0.297 e. The van der Waals surface area contributed by atoms with Gasteiger partial charge in [-0.3, -0.25) is 9.36 Å². The van der Waals surface area contributed by atoms with Crippen molar-refractivity contribution < 1.29 is 0 Å². The van der Waals surface area contributed by atoms with Gasteiger partial charge in [0.1, 0.15) is 0 Å². The average Bonchev–Trinajstić information content (AvgIpc) is 2.58. The monoisotopic (exact) mass is 339 g/mol. The molecular formula is C19H18ClN3O. The first kappa shape index (κ1) is 16.3. The van der Waals surface area contributed by atoms with E-state index in [0.717, 1.165) is 16.8 Å². The van der Waals surface area contributed by atoms with Gasteiger partial charge in [-0.05, 0) is 37.1 Å². The fourth-order valence-electron chi connectivity index (χ4n) is 2.36. The molecule has 2 aromatic carbocycles. The highest BCUT2D eigenvalue weighted by Gasteiger charge is 2.07. The summed E-state index contributed by atoms with van der Waals surface area (Å²) in [5, 5.41) is 3.74. The third-order valence-corrected chi connectivity index (χ3v) is 4.26. The maximum absolute atomic E-state index is 12.6. The topological polar surface area (TPSA) is 46.9 Å². The molecule has 0 spiro atoms. The van der Waals surface area contributed by atoms with Gasteiger partial charge in [-0.25, -0.2) is 4.98 Å². The van der Waals surface area contributed by atoms with E-state index >= 15 is 0 Å². The molecule has 0 saturated heterocycles. The molecule has 1 N–H and O–H groups in total. The van der Waals surface area contributed by atoms with Crippen molar-refractivity contribution >= 4 is 17.4 Å². The maximum atomic E-state index is 12.6. The first-order valence-electron chi connectivity index (χ1n) is 7.68. The van der Waals surface area contributed by atoms with Gasteiger partial charge in [0.2, 0.25) is 0 Å². The first-order chi connectivity index (χ1) is 11.5. The molecule has 0 atom stereocenters. The molecule has 122 valence electrons. The van der Waals surface area contributed by atoms with Gasteiger partial charge in [-0.1, -0.05) is 47.5 Å². The van der Waals surface area contributed by atoms with Gasteiger partial charge in [0, 0.05) is 24.0 Å². The van der Waals surface area contributed by atoms with Gasteiger partial charge in [0.05, 0.1) is 5.69 Å². The number of nitrogens with zero attached hydrogens (tertiary/aromatic N) is 2. The Morgan fingerprint density at radius 2 is 1.88 bits per heavy atom. The normalized spacial score (nSPS) is 10.6. The fraction of sp³-hybridized carbons (Fsp3) is 0.158. The highest BCUT2D eigenvalue weighted by atomic mass is 35.5. The standard InChI is InChI=1S/C19H18ClN3O/c1-13-3-6-15(7-4-13)12-22-18-19(24)23(10-9-21-18)16-8-5-14(2)17(20)11-16/h3-11H,12H2,1-2H3,(H,21,22). The summed E-state index contributed by atoms with van der Waals surface area (Å²) in [6, 6.07) is 13.7. The number of hydrogen-bond acceptors (Lipinski definition) is 3. The highest BCUT2D eigenvalue weighted by Crippen LogP contribution is 2.18. The Labute approximate surface area is 145 Å². The predicted molar refractivity (Wildman–Crippen MR) is 98.1 cm³/mol. The zero-order chi connectivity index (χ0) is 17.1. The van der Waals surface area contributed by atoms with Crippen LogP contribution < -0.4 is 10.9 Å². The smallest absolute Gasteiger partial charge is 0.297 e. The lowest BCUT2D eigenvalue weighted by Crippen LogP contribution is -2.23. The van der Waals surface area contributed by atoms with E-state index in [0.29, 0.717) is 17.4 Å². The highest BCUT2D eigenvalue weighted by molar-refractivity contribution is 6.31. The van der Waals surface area contributed by atoms with Crippen LogP contribution in [0.2, 0.25) is 5.02 Å². The molecule has 3 aromatic rings. The molecule has 0 amide bonds.